The lowest BCUT2D eigenvalue weighted by Gasteiger charge is -2.21. The van der Waals surface area contributed by atoms with Crippen molar-refractivity contribution in [1.29, 1.82) is 0 Å². The highest BCUT2D eigenvalue weighted by Gasteiger charge is 2.38. The van der Waals surface area contributed by atoms with E-state index in [2.05, 4.69) is 31.3 Å². The fourth-order valence-corrected chi connectivity index (χ4v) is 3.28. The van der Waals surface area contributed by atoms with Gasteiger partial charge >= 0.3 is 6.03 Å². The summed E-state index contributed by atoms with van der Waals surface area (Å²) in [6.45, 7) is 0.676. The van der Waals surface area contributed by atoms with Crippen LogP contribution in [0.15, 0.2) is 24.4 Å². The number of benzene rings is 1. The molecule has 3 aromatic rings. The largest absolute Gasteiger partial charge is 0.486 e. The smallest absolute Gasteiger partial charge is 0.319 e. The maximum absolute atomic E-state index is 14.0. The summed E-state index contributed by atoms with van der Waals surface area (Å²) in [6.07, 6.45) is 0.734. The van der Waals surface area contributed by atoms with E-state index in [0.29, 0.717) is 59.8 Å². The Morgan fingerprint density at radius 1 is 1.23 bits per heavy atom. The normalized spacial score (nSPS) is 19.1. The van der Waals surface area contributed by atoms with Crippen molar-refractivity contribution in [2.45, 2.75) is 18.6 Å². The number of alkyl halides is 1. The summed E-state index contributed by atoms with van der Waals surface area (Å²) >= 11 is 0. The van der Waals surface area contributed by atoms with Crippen LogP contribution < -0.4 is 30.7 Å². The first-order valence-electron chi connectivity index (χ1n) is 9.66. The van der Waals surface area contributed by atoms with E-state index < -0.39 is 24.1 Å². The number of urea groups is 1. The van der Waals surface area contributed by atoms with Gasteiger partial charge in [-0.3, -0.25) is 0 Å². The number of aromatic nitrogens is 3. The van der Waals surface area contributed by atoms with Gasteiger partial charge in [-0.15, -0.1) is 0 Å². The SMILES string of the molecule is CNc1cc(Nc2cc(F)cc3c2OCCO3)nc2c(NC(=O)N[C@@H]3C[C@H]3F)cnn12. The molecule has 2 aliphatic rings. The number of nitrogens with zero attached hydrogens (tertiary/aromatic N) is 3. The molecule has 162 valence electrons. The number of anilines is 4. The first-order chi connectivity index (χ1) is 15.0. The van der Waals surface area contributed by atoms with Crippen LogP contribution in [0.5, 0.6) is 11.5 Å². The van der Waals surface area contributed by atoms with Gasteiger partial charge in [-0.2, -0.15) is 9.61 Å². The third-order valence-electron chi connectivity index (χ3n) is 4.87. The van der Waals surface area contributed by atoms with Gasteiger partial charge in [-0.05, 0) is 0 Å². The van der Waals surface area contributed by atoms with Gasteiger partial charge in [0.15, 0.2) is 17.1 Å². The molecule has 12 heteroatoms. The van der Waals surface area contributed by atoms with Gasteiger partial charge in [0.25, 0.3) is 0 Å². The number of nitrogens with one attached hydrogen (secondary N) is 4. The minimum absolute atomic E-state index is 0.304. The molecule has 2 aromatic heterocycles. The van der Waals surface area contributed by atoms with Gasteiger partial charge in [-0.25, -0.2) is 18.6 Å². The fraction of sp³-hybridized carbons (Fsp3) is 0.316. The first kappa shape index (κ1) is 19.2. The number of ether oxygens (including phenoxy) is 2. The molecule has 4 N–H and O–H groups in total. The van der Waals surface area contributed by atoms with Crippen LogP contribution in [0.4, 0.5) is 36.6 Å². The molecule has 3 heterocycles. The van der Waals surface area contributed by atoms with Gasteiger partial charge in [0, 0.05) is 31.7 Å². The van der Waals surface area contributed by atoms with E-state index in [-0.39, 0.29) is 0 Å². The average molecular weight is 431 g/mol. The van der Waals surface area contributed by atoms with Gasteiger partial charge < -0.3 is 30.7 Å². The van der Waals surface area contributed by atoms with Crippen LogP contribution in [0.2, 0.25) is 0 Å². The second-order valence-corrected chi connectivity index (χ2v) is 7.13. The van der Waals surface area contributed by atoms with Crippen molar-refractivity contribution in [2.75, 3.05) is 36.2 Å². The third-order valence-corrected chi connectivity index (χ3v) is 4.87. The van der Waals surface area contributed by atoms with Crippen LogP contribution in [0.1, 0.15) is 6.42 Å². The standard InChI is InChI=1S/C19H19F2N7O3/c1-22-16-7-15(24-12-4-9(20)5-14-17(12)31-3-2-30-14)27-18-13(8-23-28(16)18)26-19(29)25-11-6-10(11)21/h4-5,7-8,10-11,22H,2-3,6H2,1H3,(H,24,27)(H2,25,26,29)/t10-,11-/m1/s1. The van der Waals surface area contributed by atoms with Crippen molar-refractivity contribution >= 4 is 34.7 Å². The monoisotopic (exact) mass is 431 g/mol. The van der Waals surface area contributed by atoms with Gasteiger partial charge in [0.1, 0.15) is 42.5 Å². The predicted molar refractivity (Wildman–Crippen MR) is 109 cm³/mol. The summed E-state index contributed by atoms with van der Waals surface area (Å²) in [5.74, 6) is 1.12. The predicted octanol–water partition coefficient (Wildman–Crippen LogP) is 2.66. The number of hydrogen-bond acceptors (Lipinski definition) is 7. The van der Waals surface area contributed by atoms with Crippen LogP contribution in [0.25, 0.3) is 5.65 Å². The molecule has 0 unspecified atom stereocenters. The number of halogens is 2. The van der Waals surface area contributed by atoms with Crippen LogP contribution in [-0.2, 0) is 0 Å². The van der Waals surface area contributed by atoms with Crippen molar-refractivity contribution < 1.29 is 23.0 Å². The number of carbonyl (C=O) groups is 1. The molecule has 2 atom stereocenters. The summed E-state index contributed by atoms with van der Waals surface area (Å²) in [5.41, 5.74) is 1.01. The maximum Gasteiger partial charge on any atom is 0.319 e. The Morgan fingerprint density at radius 3 is 2.81 bits per heavy atom. The van der Waals surface area contributed by atoms with Crippen molar-refractivity contribution in [2.24, 2.45) is 0 Å². The molecule has 2 amide bonds. The van der Waals surface area contributed by atoms with Crippen molar-refractivity contribution in [3.8, 4) is 11.5 Å². The lowest BCUT2D eigenvalue weighted by Crippen LogP contribution is -2.31. The van der Waals surface area contributed by atoms with Crippen molar-refractivity contribution in [3.63, 3.8) is 0 Å². The molecule has 0 spiro atoms. The van der Waals surface area contributed by atoms with E-state index in [9.17, 15) is 13.6 Å². The second-order valence-electron chi connectivity index (χ2n) is 7.13. The van der Waals surface area contributed by atoms with Crippen LogP contribution in [-0.4, -0.2) is 53.1 Å². The zero-order chi connectivity index (χ0) is 21.5. The highest BCUT2D eigenvalue weighted by Crippen LogP contribution is 2.40. The quantitative estimate of drug-likeness (QED) is 0.491. The van der Waals surface area contributed by atoms with Gasteiger partial charge in [-0.1, -0.05) is 0 Å². The Morgan fingerprint density at radius 2 is 2.03 bits per heavy atom. The van der Waals surface area contributed by atoms with Gasteiger partial charge in [0.05, 0.1) is 17.9 Å². The molecule has 1 fully saturated rings. The Labute approximate surface area is 174 Å². The number of hydrogen-bond donors (Lipinski definition) is 4. The molecule has 1 aliphatic heterocycles. The van der Waals surface area contributed by atoms with Crippen LogP contribution in [0.3, 0.4) is 0 Å². The summed E-state index contributed by atoms with van der Waals surface area (Å²) in [7, 11) is 1.70. The van der Waals surface area contributed by atoms with E-state index in [1.165, 1.54) is 22.8 Å². The summed E-state index contributed by atoms with van der Waals surface area (Å²) < 4.78 is 39.7. The number of fused-ring (bicyclic) bond motifs is 2. The van der Waals surface area contributed by atoms with Crippen molar-refractivity contribution in [1.82, 2.24) is 19.9 Å². The summed E-state index contributed by atoms with van der Waals surface area (Å²) in [4.78, 5) is 16.6. The Bertz CT molecular complexity index is 1170. The second kappa shape index (κ2) is 7.45. The van der Waals surface area contributed by atoms with E-state index >= 15 is 0 Å². The molecule has 0 saturated heterocycles. The molecule has 0 radical (unpaired) electrons. The van der Waals surface area contributed by atoms with Crippen LogP contribution in [0, 0.1) is 5.82 Å². The highest BCUT2D eigenvalue weighted by atomic mass is 19.1. The Hall–Kier alpha value is -3.83. The fourth-order valence-electron chi connectivity index (χ4n) is 3.28. The molecule has 0 bridgehead atoms. The lowest BCUT2D eigenvalue weighted by molar-refractivity contribution is 0.172. The summed E-state index contributed by atoms with van der Waals surface area (Å²) in [6, 6.07) is 3.19. The molecule has 1 saturated carbocycles. The van der Waals surface area contributed by atoms with E-state index in [0.717, 1.165) is 0 Å². The Balaban J connectivity index is 1.47. The van der Waals surface area contributed by atoms with Crippen LogP contribution >= 0.6 is 0 Å². The minimum atomic E-state index is -1.01. The zero-order valence-corrected chi connectivity index (χ0v) is 16.4. The van der Waals surface area contributed by atoms with E-state index in [1.54, 1.807) is 13.1 Å². The molecule has 5 rings (SSSR count). The molecule has 1 aliphatic carbocycles. The number of carbonyl (C=O) groups excluding carboxylic acids is 1. The molecular weight excluding hydrogens is 412 g/mol. The van der Waals surface area contributed by atoms with E-state index in [4.69, 9.17) is 9.47 Å². The van der Waals surface area contributed by atoms with Crippen molar-refractivity contribution in [3.05, 3.63) is 30.2 Å². The zero-order valence-electron chi connectivity index (χ0n) is 16.4. The highest BCUT2D eigenvalue weighted by molar-refractivity contribution is 5.93. The third kappa shape index (κ3) is 3.71. The maximum atomic E-state index is 14.0. The lowest BCUT2D eigenvalue weighted by atomic mass is 10.2. The average Bonchev–Trinajstić information content (AvgIpc) is 3.29. The Kier molecular flexibility index (Phi) is 4.60. The molecule has 1 aromatic carbocycles. The first-order valence-corrected chi connectivity index (χ1v) is 9.66. The number of amides is 2. The minimum Gasteiger partial charge on any atom is -0.486 e. The number of rotatable bonds is 5. The molecule has 31 heavy (non-hydrogen) atoms. The topological polar surface area (TPSA) is 114 Å². The molecule has 10 nitrogen and oxygen atoms in total. The summed E-state index contributed by atoms with van der Waals surface area (Å²) in [5, 5.41) is 15.4. The molecular formula is C19H19F2N7O3. The van der Waals surface area contributed by atoms with E-state index in [1.807, 2.05) is 0 Å². The van der Waals surface area contributed by atoms with Gasteiger partial charge in [0.2, 0.25) is 0 Å².